The molecule has 0 aliphatic rings. The Morgan fingerprint density at radius 3 is 1.81 bits per heavy atom. The minimum absolute atomic E-state index is 0.116. The number of rotatable bonds is 17. The first-order chi connectivity index (χ1) is 13.3. The monoisotopic (exact) mass is 375 g/mol. The van der Waals surface area contributed by atoms with Crippen LogP contribution in [-0.2, 0) is 4.79 Å². The number of unbranched alkanes of at least 4 members (excludes halogenated alkanes) is 11. The predicted octanol–water partition coefficient (Wildman–Crippen LogP) is 7.51. The number of ether oxygens (including phenoxy) is 1. The second-order valence-electron chi connectivity index (χ2n) is 7.56. The number of hydrogen-bond donors (Lipinski definition) is 1. The molecule has 0 spiro atoms. The van der Waals surface area contributed by atoms with Gasteiger partial charge in [0.15, 0.2) is 0 Å². The lowest BCUT2D eigenvalue weighted by Crippen LogP contribution is -2.10. The first-order valence-electron chi connectivity index (χ1n) is 11.3. The molecule has 0 aromatic heterocycles. The second-order valence-corrected chi connectivity index (χ2v) is 7.56. The number of amides is 1. The molecule has 0 aliphatic carbocycles. The van der Waals surface area contributed by atoms with E-state index in [4.69, 9.17) is 4.74 Å². The van der Waals surface area contributed by atoms with Crippen LogP contribution < -0.4 is 10.1 Å². The number of carbonyl (C=O) groups is 1. The van der Waals surface area contributed by atoms with Crippen LogP contribution in [0.25, 0.3) is 0 Å². The largest absolute Gasteiger partial charge is 0.494 e. The highest BCUT2D eigenvalue weighted by molar-refractivity contribution is 5.90. The van der Waals surface area contributed by atoms with Gasteiger partial charge in [-0.2, -0.15) is 0 Å². The van der Waals surface area contributed by atoms with Crippen molar-refractivity contribution in [3.8, 4) is 5.75 Å². The van der Waals surface area contributed by atoms with Crippen molar-refractivity contribution in [3.63, 3.8) is 0 Å². The summed E-state index contributed by atoms with van der Waals surface area (Å²) in [6.07, 6.45) is 17.2. The van der Waals surface area contributed by atoms with Gasteiger partial charge in [0.05, 0.1) is 6.61 Å². The molecular formula is C24H41NO2. The molecule has 0 saturated heterocycles. The van der Waals surface area contributed by atoms with E-state index >= 15 is 0 Å². The molecule has 1 aromatic carbocycles. The molecule has 1 aromatic rings. The molecule has 0 radical (unpaired) electrons. The van der Waals surface area contributed by atoms with E-state index in [0.717, 1.165) is 43.7 Å². The van der Waals surface area contributed by atoms with Gasteiger partial charge in [-0.15, -0.1) is 0 Å². The Balaban J connectivity index is 1.99. The van der Waals surface area contributed by atoms with Crippen LogP contribution in [-0.4, -0.2) is 12.5 Å². The fourth-order valence-corrected chi connectivity index (χ4v) is 3.14. The zero-order chi connectivity index (χ0) is 19.6. The molecular weight excluding hydrogens is 334 g/mol. The third kappa shape index (κ3) is 13.3. The van der Waals surface area contributed by atoms with E-state index in [9.17, 15) is 4.79 Å². The maximum absolute atomic E-state index is 12.0. The van der Waals surface area contributed by atoms with E-state index in [0.29, 0.717) is 6.42 Å². The summed E-state index contributed by atoms with van der Waals surface area (Å²) in [4.78, 5) is 12.0. The summed E-state index contributed by atoms with van der Waals surface area (Å²) < 4.78 is 5.64. The molecule has 1 amide bonds. The van der Waals surface area contributed by atoms with Crippen molar-refractivity contribution in [1.29, 1.82) is 0 Å². The van der Waals surface area contributed by atoms with Gasteiger partial charge in [-0.1, -0.05) is 84.5 Å². The topological polar surface area (TPSA) is 38.3 Å². The number of nitrogens with one attached hydrogen (secondary N) is 1. The molecule has 3 heteroatoms. The van der Waals surface area contributed by atoms with Gasteiger partial charge in [-0.05, 0) is 37.1 Å². The molecule has 27 heavy (non-hydrogen) atoms. The van der Waals surface area contributed by atoms with Gasteiger partial charge in [0.25, 0.3) is 0 Å². The van der Waals surface area contributed by atoms with Crippen LogP contribution in [0.3, 0.4) is 0 Å². The predicted molar refractivity (Wildman–Crippen MR) is 117 cm³/mol. The Hall–Kier alpha value is -1.51. The van der Waals surface area contributed by atoms with Gasteiger partial charge in [-0.25, -0.2) is 0 Å². The van der Waals surface area contributed by atoms with Crippen molar-refractivity contribution in [3.05, 3.63) is 24.3 Å². The minimum atomic E-state index is 0.116. The fourth-order valence-electron chi connectivity index (χ4n) is 3.14. The van der Waals surface area contributed by atoms with Crippen LogP contribution in [0.1, 0.15) is 104 Å². The molecule has 0 aliphatic heterocycles. The van der Waals surface area contributed by atoms with E-state index in [-0.39, 0.29) is 5.91 Å². The van der Waals surface area contributed by atoms with E-state index < -0.39 is 0 Å². The van der Waals surface area contributed by atoms with E-state index in [1.807, 2.05) is 24.3 Å². The van der Waals surface area contributed by atoms with Crippen LogP contribution in [0.2, 0.25) is 0 Å². The van der Waals surface area contributed by atoms with Crippen molar-refractivity contribution < 1.29 is 9.53 Å². The average Bonchev–Trinajstić information content (AvgIpc) is 2.67. The average molecular weight is 376 g/mol. The molecule has 154 valence electrons. The highest BCUT2D eigenvalue weighted by atomic mass is 16.5. The minimum Gasteiger partial charge on any atom is -0.494 e. The van der Waals surface area contributed by atoms with Crippen LogP contribution in [0, 0.1) is 0 Å². The van der Waals surface area contributed by atoms with Crippen molar-refractivity contribution >= 4 is 11.6 Å². The summed E-state index contributed by atoms with van der Waals surface area (Å²) in [5, 5.41) is 2.98. The fraction of sp³-hybridized carbons (Fsp3) is 0.708. The highest BCUT2D eigenvalue weighted by Crippen LogP contribution is 2.17. The standard InChI is InChI=1S/C24H41NO2/c1-3-5-7-8-9-10-11-12-13-14-15-16-24(26)25-22-17-19-23(20-18-22)27-21-6-4-2/h17-20H,3-16,21H2,1-2H3,(H,25,26). The molecule has 0 heterocycles. The Morgan fingerprint density at radius 1 is 0.741 bits per heavy atom. The maximum Gasteiger partial charge on any atom is 0.224 e. The number of hydrogen-bond acceptors (Lipinski definition) is 2. The molecule has 1 rings (SSSR count). The van der Waals surface area contributed by atoms with Gasteiger partial charge < -0.3 is 10.1 Å². The smallest absolute Gasteiger partial charge is 0.224 e. The summed E-state index contributed by atoms with van der Waals surface area (Å²) in [5.41, 5.74) is 0.853. The SMILES string of the molecule is CCCCCCCCCCCCCC(=O)Nc1ccc(OCCCC)cc1. The lowest BCUT2D eigenvalue weighted by molar-refractivity contribution is -0.116. The summed E-state index contributed by atoms with van der Waals surface area (Å²) in [6, 6.07) is 7.68. The first kappa shape index (κ1) is 23.5. The third-order valence-corrected chi connectivity index (χ3v) is 4.91. The quantitative estimate of drug-likeness (QED) is 0.286. The Morgan fingerprint density at radius 2 is 1.26 bits per heavy atom. The number of benzene rings is 1. The van der Waals surface area contributed by atoms with E-state index in [1.165, 1.54) is 57.8 Å². The van der Waals surface area contributed by atoms with Crippen LogP contribution in [0.15, 0.2) is 24.3 Å². The van der Waals surface area contributed by atoms with Crippen molar-refractivity contribution in [2.24, 2.45) is 0 Å². The van der Waals surface area contributed by atoms with Crippen LogP contribution in [0.4, 0.5) is 5.69 Å². The van der Waals surface area contributed by atoms with Gasteiger partial charge in [0.2, 0.25) is 5.91 Å². The number of anilines is 1. The highest BCUT2D eigenvalue weighted by Gasteiger charge is 2.03. The second kappa shape index (κ2) is 16.6. The Labute approximate surface area is 167 Å². The van der Waals surface area contributed by atoms with Crippen molar-refractivity contribution in [2.75, 3.05) is 11.9 Å². The first-order valence-corrected chi connectivity index (χ1v) is 11.3. The van der Waals surface area contributed by atoms with Crippen LogP contribution >= 0.6 is 0 Å². The van der Waals surface area contributed by atoms with Gasteiger partial charge in [0.1, 0.15) is 5.75 Å². The molecule has 0 bridgehead atoms. The molecule has 0 atom stereocenters. The molecule has 0 unspecified atom stereocenters. The number of carbonyl (C=O) groups excluding carboxylic acids is 1. The zero-order valence-electron chi connectivity index (χ0n) is 17.7. The Kier molecular flexibility index (Phi) is 14.5. The molecule has 1 N–H and O–H groups in total. The molecule has 3 nitrogen and oxygen atoms in total. The third-order valence-electron chi connectivity index (χ3n) is 4.91. The van der Waals surface area contributed by atoms with Gasteiger partial charge in [-0.3, -0.25) is 4.79 Å². The lowest BCUT2D eigenvalue weighted by Gasteiger charge is -2.08. The Bertz CT molecular complexity index is 470. The normalized spacial score (nSPS) is 10.7. The molecule has 0 fully saturated rings. The van der Waals surface area contributed by atoms with Gasteiger partial charge >= 0.3 is 0 Å². The van der Waals surface area contributed by atoms with E-state index in [1.54, 1.807) is 0 Å². The zero-order valence-corrected chi connectivity index (χ0v) is 17.7. The summed E-state index contributed by atoms with van der Waals surface area (Å²) in [7, 11) is 0. The van der Waals surface area contributed by atoms with Gasteiger partial charge in [0, 0.05) is 12.1 Å². The van der Waals surface area contributed by atoms with Crippen LogP contribution in [0.5, 0.6) is 5.75 Å². The lowest BCUT2D eigenvalue weighted by atomic mass is 10.1. The summed E-state index contributed by atoms with van der Waals surface area (Å²) in [5.74, 6) is 0.984. The van der Waals surface area contributed by atoms with E-state index in [2.05, 4.69) is 19.2 Å². The molecule has 0 saturated carbocycles. The van der Waals surface area contributed by atoms with Crippen molar-refractivity contribution in [1.82, 2.24) is 0 Å². The maximum atomic E-state index is 12.0. The van der Waals surface area contributed by atoms with Crippen molar-refractivity contribution in [2.45, 2.75) is 104 Å². The summed E-state index contributed by atoms with van der Waals surface area (Å²) in [6.45, 7) is 5.17. The summed E-state index contributed by atoms with van der Waals surface area (Å²) >= 11 is 0.